The zero-order valence-corrected chi connectivity index (χ0v) is 11.9. The predicted molar refractivity (Wildman–Crippen MR) is 72.2 cm³/mol. The number of nitrogens with zero attached hydrogens (tertiary/aromatic N) is 2. The van der Waals surface area contributed by atoms with Crippen molar-refractivity contribution < 1.29 is 9.13 Å². The summed E-state index contributed by atoms with van der Waals surface area (Å²) in [6, 6.07) is 1.56. The van der Waals surface area contributed by atoms with Crippen LogP contribution in [0.25, 0.3) is 0 Å². The molecule has 100 valence electrons. The Labute approximate surface area is 115 Å². The van der Waals surface area contributed by atoms with E-state index in [-0.39, 0.29) is 11.9 Å². The predicted octanol–water partition coefficient (Wildman–Crippen LogP) is 2.12. The molecule has 0 aliphatic carbocycles. The van der Waals surface area contributed by atoms with E-state index in [0.29, 0.717) is 10.3 Å². The molecule has 6 heteroatoms. The molecule has 0 saturated carbocycles. The summed E-state index contributed by atoms with van der Waals surface area (Å²) in [6.45, 7) is 6.30. The first-order valence-electron chi connectivity index (χ1n) is 6.03. The summed E-state index contributed by atoms with van der Waals surface area (Å²) in [6.07, 6.45) is 1.59. The van der Waals surface area contributed by atoms with Crippen molar-refractivity contribution in [3.63, 3.8) is 0 Å². The van der Waals surface area contributed by atoms with E-state index < -0.39 is 0 Å². The van der Waals surface area contributed by atoms with Gasteiger partial charge >= 0.3 is 0 Å². The van der Waals surface area contributed by atoms with Gasteiger partial charge in [0, 0.05) is 36.3 Å². The van der Waals surface area contributed by atoms with Crippen LogP contribution in [0.3, 0.4) is 0 Å². The summed E-state index contributed by atoms with van der Waals surface area (Å²) >= 11 is 3.19. The SMILES string of the molecule is CC(CN1CCOCC1)Nc1ncc(Br)cc1F. The Balaban J connectivity index is 1.87. The molecule has 1 unspecified atom stereocenters. The molecule has 1 atom stereocenters. The third-order valence-corrected chi connectivity index (χ3v) is 3.26. The fourth-order valence-electron chi connectivity index (χ4n) is 1.97. The van der Waals surface area contributed by atoms with Crippen molar-refractivity contribution in [2.45, 2.75) is 13.0 Å². The largest absolute Gasteiger partial charge is 0.379 e. The molecule has 18 heavy (non-hydrogen) atoms. The second kappa shape index (κ2) is 6.45. The number of hydrogen-bond donors (Lipinski definition) is 1. The van der Waals surface area contributed by atoms with Crippen LogP contribution < -0.4 is 5.32 Å². The molecule has 0 radical (unpaired) electrons. The maximum absolute atomic E-state index is 13.6. The molecular weight excluding hydrogens is 301 g/mol. The van der Waals surface area contributed by atoms with Crippen molar-refractivity contribution in [2.24, 2.45) is 0 Å². The van der Waals surface area contributed by atoms with Crippen LogP contribution in [0.1, 0.15) is 6.92 Å². The maximum Gasteiger partial charge on any atom is 0.166 e. The van der Waals surface area contributed by atoms with Gasteiger partial charge in [-0.25, -0.2) is 9.37 Å². The van der Waals surface area contributed by atoms with Gasteiger partial charge in [0.2, 0.25) is 0 Å². The molecule has 1 fully saturated rings. The molecule has 1 aliphatic heterocycles. The van der Waals surface area contributed by atoms with E-state index in [9.17, 15) is 4.39 Å². The van der Waals surface area contributed by atoms with E-state index in [1.165, 1.54) is 6.07 Å². The monoisotopic (exact) mass is 317 g/mol. The molecule has 0 spiro atoms. The summed E-state index contributed by atoms with van der Waals surface area (Å²) in [4.78, 5) is 6.34. The Bertz CT molecular complexity index is 399. The summed E-state index contributed by atoms with van der Waals surface area (Å²) < 4.78 is 19.5. The van der Waals surface area contributed by atoms with E-state index >= 15 is 0 Å². The standard InChI is InChI=1S/C12H17BrFN3O/c1-9(8-17-2-4-18-5-3-17)16-12-11(14)6-10(13)7-15-12/h6-7,9H,2-5,8H2,1H3,(H,15,16). The van der Waals surface area contributed by atoms with Crippen LogP contribution in [0.2, 0.25) is 0 Å². The van der Waals surface area contributed by atoms with Gasteiger partial charge in [-0.1, -0.05) is 0 Å². The lowest BCUT2D eigenvalue weighted by Crippen LogP contribution is -2.42. The van der Waals surface area contributed by atoms with Crippen molar-refractivity contribution in [1.82, 2.24) is 9.88 Å². The Morgan fingerprint density at radius 1 is 1.56 bits per heavy atom. The van der Waals surface area contributed by atoms with Crippen molar-refractivity contribution in [3.8, 4) is 0 Å². The highest BCUT2D eigenvalue weighted by Crippen LogP contribution is 2.17. The number of aromatic nitrogens is 1. The molecule has 1 aliphatic rings. The zero-order chi connectivity index (χ0) is 13.0. The first-order chi connectivity index (χ1) is 8.65. The van der Waals surface area contributed by atoms with Crippen LogP contribution in [0.5, 0.6) is 0 Å². The molecule has 2 rings (SSSR count). The lowest BCUT2D eigenvalue weighted by Gasteiger charge is -2.29. The number of pyridine rings is 1. The number of morpholine rings is 1. The maximum atomic E-state index is 13.6. The minimum Gasteiger partial charge on any atom is -0.379 e. The van der Waals surface area contributed by atoms with E-state index in [1.807, 2.05) is 6.92 Å². The van der Waals surface area contributed by atoms with Gasteiger partial charge in [-0.05, 0) is 28.9 Å². The molecule has 0 amide bonds. The lowest BCUT2D eigenvalue weighted by molar-refractivity contribution is 0.0368. The van der Waals surface area contributed by atoms with Gasteiger partial charge < -0.3 is 10.1 Å². The average Bonchev–Trinajstić information content (AvgIpc) is 2.34. The summed E-state index contributed by atoms with van der Waals surface area (Å²) in [5, 5.41) is 3.10. The molecule has 1 saturated heterocycles. The number of ether oxygens (including phenoxy) is 1. The lowest BCUT2D eigenvalue weighted by atomic mass is 10.3. The summed E-state index contributed by atoms with van der Waals surface area (Å²) in [7, 11) is 0. The Kier molecular flexibility index (Phi) is 4.91. The zero-order valence-electron chi connectivity index (χ0n) is 10.3. The van der Waals surface area contributed by atoms with E-state index in [1.54, 1.807) is 6.20 Å². The van der Waals surface area contributed by atoms with Crippen molar-refractivity contribution in [3.05, 3.63) is 22.6 Å². The van der Waals surface area contributed by atoms with Crippen LogP contribution in [-0.2, 0) is 4.74 Å². The van der Waals surface area contributed by atoms with Gasteiger partial charge in [-0.2, -0.15) is 0 Å². The topological polar surface area (TPSA) is 37.4 Å². The van der Waals surface area contributed by atoms with E-state index in [2.05, 4.69) is 31.1 Å². The third-order valence-electron chi connectivity index (χ3n) is 2.83. The van der Waals surface area contributed by atoms with Crippen molar-refractivity contribution >= 4 is 21.7 Å². The second-order valence-electron chi connectivity index (χ2n) is 4.44. The Morgan fingerprint density at radius 3 is 2.94 bits per heavy atom. The first-order valence-corrected chi connectivity index (χ1v) is 6.82. The number of halogens is 2. The molecular formula is C12H17BrFN3O. The second-order valence-corrected chi connectivity index (χ2v) is 5.36. The highest BCUT2D eigenvalue weighted by Gasteiger charge is 2.15. The van der Waals surface area contributed by atoms with Crippen LogP contribution in [0.15, 0.2) is 16.7 Å². The van der Waals surface area contributed by atoms with Gasteiger partial charge in [0.25, 0.3) is 0 Å². The molecule has 2 heterocycles. The number of hydrogen-bond acceptors (Lipinski definition) is 4. The molecule has 0 bridgehead atoms. The van der Waals surface area contributed by atoms with Gasteiger partial charge in [0.15, 0.2) is 11.6 Å². The normalized spacial score (nSPS) is 18.6. The minimum absolute atomic E-state index is 0.145. The number of nitrogens with one attached hydrogen (secondary N) is 1. The van der Waals surface area contributed by atoms with Gasteiger partial charge in [0.05, 0.1) is 13.2 Å². The minimum atomic E-state index is -0.335. The fourth-order valence-corrected chi connectivity index (χ4v) is 2.27. The average molecular weight is 318 g/mol. The van der Waals surface area contributed by atoms with Crippen LogP contribution >= 0.6 is 15.9 Å². The first kappa shape index (κ1) is 13.7. The van der Waals surface area contributed by atoms with E-state index in [0.717, 1.165) is 32.8 Å². The number of rotatable bonds is 4. The fraction of sp³-hybridized carbons (Fsp3) is 0.583. The number of anilines is 1. The highest BCUT2D eigenvalue weighted by molar-refractivity contribution is 9.10. The van der Waals surface area contributed by atoms with Crippen LogP contribution in [-0.4, -0.2) is 48.8 Å². The van der Waals surface area contributed by atoms with Crippen molar-refractivity contribution in [1.29, 1.82) is 0 Å². The van der Waals surface area contributed by atoms with Gasteiger partial charge in [-0.3, -0.25) is 4.90 Å². The molecule has 1 N–H and O–H groups in total. The summed E-state index contributed by atoms with van der Waals surface area (Å²) in [5.74, 6) is -0.0304. The van der Waals surface area contributed by atoms with E-state index in [4.69, 9.17) is 4.74 Å². The Hall–Kier alpha value is -0.720. The van der Waals surface area contributed by atoms with Gasteiger partial charge in [0.1, 0.15) is 0 Å². The molecule has 1 aromatic heterocycles. The van der Waals surface area contributed by atoms with Crippen LogP contribution in [0, 0.1) is 5.82 Å². The molecule has 0 aromatic carbocycles. The molecule has 4 nitrogen and oxygen atoms in total. The third kappa shape index (κ3) is 3.90. The quantitative estimate of drug-likeness (QED) is 0.923. The van der Waals surface area contributed by atoms with Crippen LogP contribution in [0.4, 0.5) is 10.2 Å². The smallest absolute Gasteiger partial charge is 0.166 e. The highest BCUT2D eigenvalue weighted by atomic mass is 79.9. The Morgan fingerprint density at radius 2 is 2.28 bits per heavy atom. The van der Waals surface area contributed by atoms with Gasteiger partial charge in [-0.15, -0.1) is 0 Å². The summed E-state index contributed by atoms with van der Waals surface area (Å²) in [5.41, 5.74) is 0. The molecule has 1 aromatic rings. The van der Waals surface area contributed by atoms with Crippen molar-refractivity contribution in [2.75, 3.05) is 38.2 Å².